The summed E-state index contributed by atoms with van der Waals surface area (Å²) in [4.78, 5) is 12.5. The summed E-state index contributed by atoms with van der Waals surface area (Å²) in [6.07, 6.45) is -9.50. The summed E-state index contributed by atoms with van der Waals surface area (Å²) in [6, 6.07) is 3.85. The minimum Gasteiger partial charge on any atom is -0.305 e. The zero-order chi connectivity index (χ0) is 26.3. The number of amides is 2. The van der Waals surface area contributed by atoms with Gasteiger partial charge < -0.3 is 5.32 Å². The van der Waals surface area contributed by atoms with E-state index in [1.165, 1.54) is 0 Å². The Morgan fingerprint density at radius 2 is 1.29 bits per heavy atom. The van der Waals surface area contributed by atoms with E-state index in [1.807, 2.05) is 0 Å². The fourth-order valence-electron chi connectivity index (χ4n) is 2.74. The first-order valence-corrected chi connectivity index (χ1v) is 10.3. The number of anilines is 2. The number of rotatable bonds is 3. The van der Waals surface area contributed by atoms with Crippen molar-refractivity contribution < 1.29 is 31.1 Å². The summed E-state index contributed by atoms with van der Waals surface area (Å²) in [5.74, 6) is -0.276. The third kappa shape index (κ3) is 5.87. The van der Waals surface area contributed by atoms with Crippen molar-refractivity contribution in [2.45, 2.75) is 12.4 Å². The Morgan fingerprint density at radius 1 is 0.829 bits per heavy atom. The molecule has 0 saturated carbocycles. The van der Waals surface area contributed by atoms with Crippen LogP contribution in [0.2, 0.25) is 20.1 Å². The van der Waals surface area contributed by atoms with Crippen LogP contribution in [0.15, 0.2) is 30.3 Å². The van der Waals surface area contributed by atoms with Crippen molar-refractivity contribution >= 4 is 63.9 Å². The van der Waals surface area contributed by atoms with Crippen LogP contribution >= 0.6 is 46.4 Å². The number of benzene rings is 2. The fraction of sp³-hybridized carbons (Fsp3) is 0.105. The highest BCUT2D eigenvalue weighted by molar-refractivity contribution is 6.40. The van der Waals surface area contributed by atoms with E-state index in [0.717, 1.165) is 10.7 Å². The number of alkyl halides is 6. The lowest BCUT2D eigenvalue weighted by atomic mass is 10.2. The first-order valence-electron chi connectivity index (χ1n) is 8.83. The Bertz CT molecular complexity index is 1320. The zero-order valence-corrected chi connectivity index (χ0v) is 19.4. The quantitative estimate of drug-likeness (QED) is 0.309. The van der Waals surface area contributed by atoms with Crippen molar-refractivity contribution in [1.82, 2.24) is 9.78 Å². The number of hydrogen-bond donors (Lipinski definition) is 2. The van der Waals surface area contributed by atoms with Crippen LogP contribution in [0.3, 0.4) is 0 Å². The van der Waals surface area contributed by atoms with Gasteiger partial charge in [0.2, 0.25) is 0 Å². The lowest BCUT2D eigenvalue weighted by Gasteiger charge is -2.16. The van der Waals surface area contributed by atoms with Crippen molar-refractivity contribution in [3.8, 4) is 11.8 Å². The number of carbonyl (C=O) groups excluding carboxylic acids is 1. The van der Waals surface area contributed by atoms with Crippen LogP contribution in [0.4, 0.5) is 42.6 Å². The standard InChI is InChI=1S/C19H7Cl4F6N5O/c20-10-1-7(18(24,25)26)2-11(21)15(10)32-17(35)31-14-5-9(6-30)33-34(14)16-12(22)3-8(4-13(16)23)19(27,28)29/h1-5H,(H2,31,32,35). The first-order chi connectivity index (χ1) is 16.1. The Hall–Kier alpha value is -2.85. The minimum absolute atomic E-state index is 0.276. The topological polar surface area (TPSA) is 82.7 Å². The third-order valence-corrected chi connectivity index (χ3v) is 5.40. The molecule has 0 aliphatic heterocycles. The number of urea groups is 1. The molecule has 3 aromatic rings. The molecule has 2 N–H and O–H groups in total. The summed E-state index contributed by atoms with van der Waals surface area (Å²) in [6.45, 7) is 0. The highest BCUT2D eigenvalue weighted by Crippen LogP contribution is 2.40. The van der Waals surface area contributed by atoms with Crippen LogP contribution in [-0.2, 0) is 12.4 Å². The molecule has 0 aliphatic carbocycles. The second-order valence-corrected chi connectivity index (χ2v) is 8.25. The molecular weight excluding hydrogens is 570 g/mol. The van der Waals surface area contributed by atoms with Gasteiger partial charge >= 0.3 is 18.4 Å². The highest BCUT2D eigenvalue weighted by atomic mass is 35.5. The van der Waals surface area contributed by atoms with Crippen molar-refractivity contribution in [3.63, 3.8) is 0 Å². The van der Waals surface area contributed by atoms with Crippen LogP contribution in [-0.4, -0.2) is 15.8 Å². The van der Waals surface area contributed by atoms with Gasteiger partial charge in [0.15, 0.2) is 5.69 Å². The number of hydrogen-bond acceptors (Lipinski definition) is 3. The van der Waals surface area contributed by atoms with E-state index in [-0.39, 0.29) is 22.9 Å². The molecule has 3 rings (SSSR count). The van der Waals surface area contributed by atoms with E-state index in [2.05, 4.69) is 15.7 Å². The van der Waals surface area contributed by atoms with Crippen LogP contribution in [0.25, 0.3) is 5.69 Å². The molecule has 2 aromatic carbocycles. The molecule has 0 unspecified atom stereocenters. The molecule has 0 aliphatic rings. The summed E-state index contributed by atoms with van der Waals surface area (Å²) < 4.78 is 78.5. The molecule has 0 bridgehead atoms. The lowest BCUT2D eigenvalue weighted by Crippen LogP contribution is -2.22. The SMILES string of the molecule is N#Cc1cc(NC(=O)Nc2c(Cl)cc(C(F)(F)F)cc2Cl)n(-c2c(Cl)cc(C(F)(F)F)cc2Cl)n1. The number of halogens is 10. The van der Waals surface area contributed by atoms with Crippen LogP contribution in [0.5, 0.6) is 0 Å². The molecular formula is C19H7Cl4F6N5O. The van der Waals surface area contributed by atoms with Crippen molar-refractivity contribution in [2.75, 3.05) is 10.6 Å². The van der Waals surface area contributed by atoms with E-state index in [4.69, 9.17) is 51.7 Å². The Labute approximate surface area is 211 Å². The molecule has 16 heteroatoms. The summed E-state index contributed by atoms with van der Waals surface area (Å²) in [5, 5.41) is 15.3. The molecule has 0 saturated heterocycles. The van der Waals surface area contributed by atoms with E-state index < -0.39 is 49.6 Å². The Kier molecular flexibility index (Phi) is 7.38. The maximum Gasteiger partial charge on any atom is 0.416 e. The monoisotopic (exact) mass is 575 g/mol. The predicted molar refractivity (Wildman–Crippen MR) is 117 cm³/mol. The molecule has 0 atom stereocenters. The van der Waals surface area contributed by atoms with Gasteiger partial charge in [-0.1, -0.05) is 46.4 Å². The number of aromatic nitrogens is 2. The van der Waals surface area contributed by atoms with Gasteiger partial charge in [-0.15, -0.1) is 0 Å². The van der Waals surface area contributed by atoms with E-state index >= 15 is 0 Å². The van der Waals surface area contributed by atoms with Gasteiger partial charge in [-0.2, -0.15) is 36.7 Å². The Morgan fingerprint density at radius 3 is 1.71 bits per heavy atom. The van der Waals surface area contributed by atoms with E-state index in [0.29, 0.717) is 24.3 Å². The average molecular weight is 577 g/mol. The molecule has 184 valence electrons. The minimum atomic E-state index is -4.76. The molecule has 0 spiro atoms. The van der Waals surface area contributed by atoms with Gasteiger partial charge in [-0.25, -0.2) is 9.48 Å². The normalized spacial score (nSPS) is 11.8. The maximum absolute atomic E-state index is 13.0. The van der Waals surface area contributed by atoms with E-state index in [1.54, 1.807) is 6.07 Å². The predicted octanol–water partition coefficient (Wildman–Crippen LogP) is 8.04. The van der Waals surface area contributed by atoms with Gasteiger partial charge in [0.05, 0.1) is 36.9 Å². The van der Waals surface area contributed by atoms with Gasteiger partial charge in [-0.3, -0.25) is 5.32 Å². The lowest BCUT2D eigenvalue weighted by molar-refractivity contribution is -0.138. The molecule has 0 radical (unpaired) electrons. The molecule has 6 nitrogen and oxygen atoms in total. The number of carbonyl (C=O) groups is 1. The largest absolute Gasteiger partial charge is 0.416 e. The van der Waals surface area contributed by atoms with Crippen LogP contribution in [0, 0.1) is 11.3 Å². The van der Waals surface area contributed by atoms with E-state index in [9.17, 15) is 31.1 Å². The first kappa shape index (κ1) is 26.7. The number of nitriles is 1. The van der Waals surface area contributed by atoms with Gasteiger partial charge in [0.25, 0.3) is 0 Å². The smallest absolute Gasteiger partial charge is 0.305 e. The number of nitrogens with zero attached hydrogens (tertiary/aromatic N) is 3. The second-order valence-electron chi connectivity index (χ2n) is 6.62. The fourth-order valence-corrected chi connectivity index (χ4v) is 3.97. The highest BCUT2D eigenvalue weighted by Gasteiger charge is 2.33. The molecule has 35 heavy (non-hydrogen) atoms. The van der Waals surface area contributed by atoms with Crippen molar-refractivity contribution in [2.24, 2.45) is 0 Å². The molecule has 1 heterocycles. The Balaban J connectivity index is 1.96. The second kappa shape index (κ2) is 9.66. The summed E-state index contributed by atoms with van der Waals surface area (Å²) in [7, 11) is 0. The van der Waals surface area contributed by atoms with Crippen LogP contribution < -0.4 is 10.6 Å². The summed E-state index contributed by atoms with van der Waals surface area (Å²) >= 11 is 23.6. The van der Waals surface area contributed by atoms with Gasteiger partial charge in [0, 0.05) is 6.07 Å². The van der Waals surface area contributed by atoms with Crippen molar-refractivity contribution in [1.29, 1.82) is 5.26 Å². The molecule has 1 aromatic heterocycles. The zero-order valence-electron chi connectivity index (χ0n) is 16.4. The van der Waals surface area contributed by atoms with Gasteiger partial charge in [-0.05, 0) is 24.3 Å². The van der Waals surface area contributed by atoms with Crippen LogP contribution in [0.1, 0.15) is 16.8 Å². The van der Waals surface area contributed by atoms with Crippen molar-refractivity contribution in [3.05, 3.63) is 67.2 Å². The van der Waals surface area contributed by atoms with Gasteiger partial charge in [0.1, 0.15) is 17.6 Å². The number of nitrogens with one attached hydrogen (secondary N) is 2. The summed E-state index contributed by atoms with van der Waals surface area (Å²) in [5.41, 5.74) is -3.23. The maximum atomic E-state index is 13.0. The molecule has 2 amide bonds. The average Bonchev–Trinajstić information content (AvgIpc) is 3.11. The molecule has 0 fully saturated rings. The third-order valence-electron chi connectivity index (χ3n) is 4.23.